The highest BCUT2D eigenvalue weighted by Crippen LogP contribution is 2.19. The lowest BCUT2D eigenvalue weighted by Gasteiger charge is -2.22. The molecule has 4 nitrogen and oxygen atoms in total. The van der Waals surface area contributed by atoms with E-state index in [0.29, 0.717) is 12.8 Å². The van der Waals surface area contributed by atoms with Crippen LogP contribution in [0.5, 0.6) is 0 Å². The summed E-state index contributed by atoms with van der Waals surface area (Å²) in [7, 11) is 0. The Bertz CT molecular complexity index is 1110. The van der Waals surface area contributed by atoms with Crippen LogP contribution in [0.15, 0.2) is 48.6 Å². The van der Waals surface area contributed by atoms with Crippen LogP contribution in [0.1, 0.15) is 348 Å². The molecule has 0 fully saturated rings. The highest BCUT2D eigenvalue weighted by molar-refractivity contribution is 5.76. The molecule has 4 heteroatoms. The lowest BCUT2D eigenvalue weighted by atomic mass is 10.0. The molecule has 1 amide bonds. The van der Waals surface area contributed by atoms with Crippen LogP contribution in [0.4, 0.5) is 0 Å². The fraction of sp³-hybridized carbons (Fsp3) is 0.864. The van der Waals surface area contributed by atoms with E-state index in [1.54, 1.807) is 0 Å². The van der Waals surface area contributed by atoms with Crippen LogP contribution in [-0.2, 0) is 4.79 Å². The Kier molecular flexibility index (Phi) is 60.2. The summed E-state index contributed by atoms with van der Waals surface area (Å²) in [4.78, 5) is 12.5. The number of hydrogen-bond donors (Lipinski definition) is 3. The van der Waals surface area contributed by atoms with Crippen LogP contribution in [-0.4, -0.2) is 34.9 Å². The van der Waals surface area contributed by atoms with Crippen LogP contribution in [0.3, 0.4) is 0 Å². The van der Waals surface area contributed by atoms with Crippen molar-refractivity contribution in [2.45, 2.75) is 360 Å². The molecule has 0 saturated heterocycles. The summed E-state index contributed by atoms with van der Waals surface area (Å²) >= 11 is 0. The van der Waals surface area contributed by atoms with E-state index in [1.807, 2.05) is 0 Å². The first-order valence-electron chi connectivity index (χ1n) is 31.8. The molecule has 0 aliphatic rings. The van der Waals surface area contributed by atoms with Crippen molar-refractivity contribution < 1.29 is 15.0 Å². The first-order chi connectivity index (χ1) is 34.7. The van der Waals surface area contributed by atoms with Crippen LogP contribution >= 0.6 is 0 Å². The molecule has 0 aromatic heterocycles. The zero-order valence-corrected chi connectivity index (χ0v) is 47.6. The van der Waals surface area contributed by atoms with Crippen molar-refractivity contribution in [2.75, 3.05) is 6.61 Å². The van der Waals surface area contributed by atoms with E-state index in [2.05, 4.69) is 67.8 Å². The molecule has 0 aliphatic carbocycles. The molecule has 0 aliphatic heterocycles. The summed E-state index contributed by atoms with van der Waals surface area (Å²) in [6.45, 7) is 4.28. The summed E-state index contributed by atoms with van der Waals surface area (Å²) < 4.78 is 0. The molecule has 0 saturated carbocycles. The van der Waals surface area contributed by atoms with Gasteiger partial charge in [0.2, 0.25) is 5.91 Å². The SMILES string of the molecule is CC/C=C\C/C=C\C/C=C\C/C=C\CCCCCCCCCCCCCCCCCCCCC(=O)NC(CO)C(O)CCCCCCCCCCCCCCCCCCCCCCCCCCCCC. The summed E-state index contributed by atoms with van der Waals surface area (Å²) in [5.74, 6) is -0.0255. The summed E-state index contributed by atoms with van der Waals surface area (Å²) in [6.07, 6.45) is 85.6. The average molecular weight is 981 g/mol. The lowest BCUT2D eigenvalue weighted by molar-refractivity contribution is -0.123. The largest absolute Gasteiger partial charge is 0.394 e. The Morgan fingerprint density at radius 2 is 0.629 bits per heavy atom. The minimum Gasteiger partial charge on any atom is -0.394 e. The van der Waals surface area contributed by atoms with Crippen molar-refractivity contribution in [1.29, 1.82) is 0 Å². The Hall–Kier alpha value is -1.65. The van der Waals surface area contributed by atoms with E-state index in [1.165, 1.54) is 270 Å². The highest BCUT2D eigenvalue weighted by atomic mass is 16.3. The van der Waals surface area contributed by atoms with Gasteiger partial charge in [0.1, 0.15) is 0 Å². The van der Waals surface area contributed by atoms with Gasteiger partial charge in [-0.2, -0.15) is 0 Å². The average Bonchev–Trinajstić information content (AvgIpc) is 3.36. The third kappa shape index (κ3) is 57.3. The van der Waals surface area contributed by atoms with E-state index in [0.717, 1.165) is 51.4 Å². The zero-order valence-electron chi connectivity index (χ0n) is 47.6. The van der Waals surface area contributed by atoms with Crippen LogP contribution in [0, 0.1) is 0 Å². The monoisotopic (exact) mass is 980 g/mol. The minimum absolute atomic E-state index is 0.0255. The van der Waals surface area contributed by atoms with Gasteiger partial charge in [-0.1, -0.05) is 339 Å². The van der Waals surface area contributed by atoms with Crippen molar-refractivity contribution in [3.05, 3.63) is 48.6 Å². The van der Waals surface area contributed by atoms with Crippen molar-refractivity contribution in [2.24, 2.45) is 0 Å². The Morgan fingerprint density at radius 1 is 0.357 bits per heavy atom. The fourth-order valence-corrected chi connectivity index (χ4v) is 10.1. The van der Waals surface area contributed by atoms with Crippen molar-refractivity contribution in [1.82, 2.24) is 5.32 Å². The topological polar surface area (TPSA) is 69.6 Å². The lowest BCUT2D eigenvalue weighted by Crippen LogP contribution is -2.45. The minimum atomic E-state index is -0.661. The van der Waals surface area contributed by atoms with Crippen LogP contribution in [0.25, 0.3) is 0 Å². The molecule has 3 N–H and O–H groups in total. The van der Waals surface area contributed by atoms with Gasteiger partial charge in [0.25, 0.3) is 0 Å². The Labute approximate surface area is 439 Å². The van der Waals surface area contributed by atoms with Gasteiger partial charge in [-0.05, 0) is 51.4 Å². The molecular weight excluding hydrogens is 855 g/mol. The van der Waals surface area contributed by atoms with Gasteiger partial charge in [0, 0.05) is 6.42 Å². The van der Waals surface area contributed by atoms with Crippen LogP contribution in [0.2, 0.25) is 0 Å². The predicted octanol–water partition coefficient (Wildman–Crippen LogP) is 21.4. The van der Waals surface area contributed by atoms with Gasteiger partial charge in [0.15, 0.2) is 0 Å². The Morgan fingerprint density at radius 3 is 0.943 bits per heavy atom. The van der Waals surface area contributed by atoms with E-state index >= 15 is 0 Å². The number of rotatable bonds is 59. The van der Waals surface area contributed by atoms with E-state index in [4.69, 9.17) is 0 Å². The molecule has 2 unspecified atom stereocenters. The van der Waals surface area contributed by atoms with Gasteiger partial charge >= 0.3 is 0 Å². The van der Waals surface area contributed by atoms with E-state index < -0.39 is 12.1 Å². The summed E-state index contributed by atoms with van der Waals surface area (Å²) in [5.41, 5.74) is 0. The smallest absolute Gasteiger partial charge is 0.220 e. The normalized spacial score (nSPS) is 13.0. The number of aliphatic hydroxyl groups is 2. The summed E-state index contributed by atoms with van der Waals surface area (Å²) in [6, 6.07) is -0.537. The third-order valence-corrected chi connectivity index (χ3v) is 14.9. The molecule has 0 heterocycles. The van der Waals surface area contributed by atoms with Gasteiger partial charge in [-0.15, -0.1) is 0 Å². The molecule has 0 aromatic rings. The van der Waals surface area contributed by atoms with Gasteiger partial charge in [-0.3, -0.25) is 4.79 Å². The van der Waals surface area contributed by atoms with Crippen molar-refractivity contribution >= 4 is 5.91 Å². The number of nitrogens with one attached hydrogen (secondary N) is 1. The third-order valence-electron chi connectivity index (χ3n) is 14.9. The number of allylic oxidation sites excluding steroid dienone is 8. The van der Waals surface area contributed by atoms with Gasteiger partial charge in [-0.25, -0.2) is 0 Å². The second-order valence-corrected chi connectivity index (χ2v) is 21.8. The van der Waals surface area contributed by atoms with E-state index in [-0.39, 0.29) is 12.5 Å². The number of amides is 1. The molecule has 70 heavy (non-hydrogen) atoms. The van der Waals surface area contributed by atoms with Gasteiger partial charge in [0.05, 0.1) is 18.8 Å². The number of hydrogen-bond acceptors (Lipinski definition) is 3. The maximum Gasteiger partial charge on any atom is 0.220 e. The highest BCUT2D eigenvalue weighted by Gasteiger charge is 2.20. The van der Waals surface area contributed by atoms with Crippen molar-refractivity contribution in [3.63, 3.8) is 0 Å². The molecule has 2 atom stereocenters. The number of aliphatic hydroxyl groups excluding tert-OH is 2. The van der Waals surface area contributed by atoms with Crippen LogP contribution < -0.4 is 5.32 Å². The molecular formula is C66H125NO3. The molecule has 0 spiro atoms. The quantitative estimate of drug-likeness (QED) is 0.0420. The standard InChI is InChI=1S/C66H125NO3/c1-3-5-7-9-11-13-15-17-19-21-23-25-27-29-31-32-33-34-36-38-40-42-44-46-48-50-52-54-56-58-60-62-66(70)67-64(63-68)65(69)61-59-57-55-53-51-49-47-45-43-41-39-37-35-30-28-26-24-22-20-18-16-14-12-10-8-6-4-2/h5,7,11,13,17,19,23,25,64-65,68-69H,3-4,6,8-10,12,14-16,18,20-22,24,26-63H2,1-2H3,(H,67,70)/b7-5-,13-11-,19-17-,25-23-. The summed E-state index contributed by atoms with van der Waals surface area (Å²) in [5, 5.41) is 23.4. The number of unbranched alkanes of at least 4 members (excludes halogenated alkanes) is 44. The first kappa shape index (κ1) is 68.4. The number of carbonyl (C=O) groups is 1. The first-order valence-corrected chi connectivity index (χ1v) is 31.8. The predicted molar refractivity (Wildman–Crippen MR) is 313 cm³/mol. The zero-order chi connectivity index (χ0) is 50.6. The molecule has 0 rings (SSSR count). The maximum atomic E-state index is 12.5. The maximum absolute atomic E-state index is 12.5. The van der Waals surface area contributed by atoms with Gasteiger partial charge < -0.3 is 15.5 Å². The van der Waals surface area contributed by atoms with E-state index in [9.17, 15) is 15.0 Å². The molecule has 412 valence electrons. The molecule has 0 bridgehead atoms. The Balaban J connectivity index is 3.41. The second-order valence-electron chi connectivity index (χ2n) is 21.8. The molecule has 0 aromatic carbocycles. The second kappa shape index (κ2) is 61.6. The number of carbonyl (C=O) groups excluding carboxylic acids is 1. The molecule has 0 radical (unpaired) electrons. The van der Waals surface area contributed by atoms with Crippen molar-refractivity contribution in [3.8, 4) is 0 Å². The fourth-order valence-electron chi connectivity index (χ4n) is 10.1.